The van der Waals surface area contributed by atoms with E-state index in [2.05, 4.69) is 4.98 Å². The van der Waals surface area contributed by atoms with Crippen molar-refractivity contribution in [2.75, 3.05) is 26.3 Å². The molecule has 2 rings (SSSR count). The van der Waals surface area contributed by atoms with Crippen LogP contribution in [0.15, 0.2) is 6.20 Å². The Labute approximate surface area is 86.5 Å². The molecule has 1 aliphatic rings. The highest BCUT2D eigenvalue weighted by Gasteiger charge is 2.20. The Morgan fingerprint density at radius 3 is 2.86 bits per heavy atom. The van der Waals surface area contributed by atoms with Crippen LogP contribution in [0, 0.1) is 6.92 Å². The van der Waals surface area contributed by atoms with Crippen LogP contribution >= 0.6 is 11.3 Å². The number of hydrogen-bond acceptors (Lipinski definition) is 4. The first-order valence-corrected chi connectivity index (χ1v) is 5.38. The van der Waals surface area contributed by atoms with Crippen molar-refractivity contribution in [1.29, 1.82) is 0 Å². The fraction of sp³-hybridized carbons (Fsp3) is 0.556. The second kappa shape index (κ2) is 4.06. The quantitative estimate of drug-likeness (QED) is 0.695. The van der Waals surface area contributed by atoms with Gasteiger partial charge in [0, 0.05) is 24.2 Å². The van der Waals surface area contributed by atoms with Gasteiger partial charge >= 0.3 is 0 Å². The number of morpholine rings is 1. The summed E-state index contributed by atoms with van der Waals surface area (Å²) >= 11 is 1.45. The van der Waals surface area contributed by atoms with Crippen molar-refractivity contribution in [3.05, 3.63) is 16.1 Å². The van der Waals surface area contributed by atoms with Crippen molar-refractivity contribution in [1.82, 2.24) is 9.88 Å². The van der Waals surface area contributed by atoms with Crippen LogP contribution in [-0.2, 0) is 4.74 Å². The fourth-order valence-electron chi connectivity index (χ4n) is 1.36. The first kappa shape index (κ1) is 9.61. The fourth-order valence-corrected chi connectivity index (χ4v) is 2.09. The molecule has 0 radical (unpaired) electrons. The first-order chi connectivity index (χ1) is 6.77. The SMILES string of the molecule is Cc1cnc(C(=O)N2CCOCC2)s1. The molecule has 1 aliphatic heterocycles. The van der Waals surface area contributed by atoms with E-state index in [1.807, 2.05) is 6.92 Å². The van der Waals surface area contributed by atoms with Gasteiger partial charge in [0.2, 0.25) is 0 Å². The van der Waals surface area contributed by atoms with Gasteiger partial charge in [-0.25, -0.2) is 4.98 Å². The molecule has 0 atom stereocenters. The summed E-state index contributed by atoms with van der Waals surface area (Å²) in [6.07, 6.45) is 1.73. The van der Waals surface area contributed by atoms with Crippen molar-refractivity contribution in [3.8, 4) is 0 Å². The molecule has 2 heterocycles. The summed E-state index contributed by atoms with van der Waals surface area (Å²) in [6.45, 7) is 4.58. The number of thiazole rings is 1. The summed E-state index contributed by atoms with van der Waals surface area (Å²) in [4.78, 5) is 18.8. The normalized spacial score (nSPS) is 17.1. The Bertz CT molecular complexity index is 331. The highest BCUT2D eigenvalue weighted by molar-refractivity contribution is 7.13. The molecule has 0 N–H and O–H groups in total. The highest BCUT2D eigenvalue weighted by Crippen LogP contribution is 2.14. The number of amides is 1. The van der Waals surface area contributed by atoms with E-state index in [1.54, 1.807) is 11.1 Å². The lowest BCUT2D eigenvalue weighted by atomic mass is 10.4. The summed E-state index contributed by atoms with van der Waals surface area (Å²) in [6, 6.07) is 0. The predicted octanol–water partition coefficient (Wildman–Crippen LogP) is 0.924. The molecule has 0 bridgehead atoms. The van der Waals surface area contributed by atoms with Gasteiger partial charge in [0.25, 0.3) is 5.91 Å². The van der Waals surface area contributed by atoms with Gasteiger partial charge < -0.3 is 9.64 Å². The first-order valence-electron chi connectivity index (χ1n) is 4.57. The molecule has 1 aromatic heterocycles. The summed E-state index contributed by atoms with van der Waals surface area (Å²) in [5.74, 6) is 0.0337. The molecule has 1 aromatic rings. The Balaban J connectivity index is 2.07. The van der Waals surface area contributed by atoms with E-state index in [0.717, 1.165) is 4.88 Å². The number of aromatic nitrogens is 1. The Hall–Kier alpha value is -0.940. The van der Waals surface area contributed by atoms with E-state index in [-0.39, 0.29) is 5.91 Å². The Morgan fingerprint density at radius 1 is 1.57 bits per heavy atom. The van der Waals surface area contributed by atoms with Crippen LogP contribution in [0.25, 0.3) is 0 Å². The van der Waals surface area contributed by atoms with Crippen LogP contribution in [0.1, 0.15) is 14.7 Å². The van der Waals surface area contributed by atoms with Crippen molar-refractivity contribution in [3.63, 3.8) is 0 Å². The van der Waals surface area contributed by atoms with Crippen LogP contribution in [0.2, 0.25) is 0 Å². The lowest BCUT2D eigenvalue weighted by Crippen LogP contribution is -2.40. The second-order valence-corrected chi connectivity index (χ2v) is 4.42. The van der Waals surface area contributed by atoms with Gasteiger partial charge in [-0.1, -0.05) is 0 Å². The van der Waals surface area contributed by atoms with Gasteiger partial charge in [-0.3, -0.25) is 4.79 Å². The largest absolute Gasteiger partial charge is 0.378 e. The molecule has 5 heteroatoms. The molecule has 4 nitrogen and oxygen atoms in total. The van der Waals surface area contributed by atoms with Crippen LogP contribution in [0.3, 0.4) is 0 Å². The maximum atomic E-state index is 11.8. The molecule has 1 amide bonds. The van der Waals surface area contributed by atoms with E-state index in [9.17, 15) is 4.79 Å². The third-order valence-corrected chi connectivity index (χ3v) is 3.00. The number of hydrogen-bond donors (Lipinski definition) is 0. The molecule has 0 aromatic carbocycles. The average Bonchev–Trinajstić information content (AvgIpc) is 2.65. The lowest BCUT2D eigenvalue weighted by Gasteiger charge is -2.25. The zero-order valence-electron chi connectivity index (χ0n) is 8.02. The van der Waals surface area contributed by atoms with E-state index in [4.69, 9.17) is 4.74 Å². The van der Waals surface area contributed by atoms with Crippen LogP contribution in [-0.4, -0.2) is 42.1 Å². The molecule has 0 saturated carbocycles. The smallest absolute Gasteiger partial charge is 0.282 e. The third kappa shape index (κ3) is 1.93. The predicted molar refractivity (Wildman–Crippen MR) is 53.6 cm³/mol. The van der Waals surface area contributed by atoms with E-state index >= 15 is 0 Å². The standard InChI is InChI=1S/C9H12N2O2S/c1-7-6-10-8(14-7)9(12)11-2-4-13-5-3-11/h6H,2-5H2,1H3. The molecular formula is C9H12N2O2S. The molecule has 0 spiro atoms. The van der Waals surface area contributed by atoms with Crippen LogP contribution in [0.4, 0.5) is 0 Å². The maximum Gasteiger partial charge on any atom is 0.282 e. The van der Waals surface area contributed by atoms with Gasteiger partial charge in [-0.15, -0.1) is 11.3 Å². The number of ether oxygens (including phenoxy) is 1. The van der Waals surface area contributed by atoms with Gasteiger partial charge in [0.1, 0.15) is 0 Å². The monoisotopic (exact) mass is 212 g/mol. The van der Waals surface area contributed by atoms with E-state index < -0.39 is 0 Å². The van der Waals surface area contributed by atoms with Crippen LogP contribution < -0.4 is 0 Å². The van der Waals surface area contributed by atoms with E-state index in [0.29, 0.717) is 31.3 Å². The lowest BCUT2D eigenvalue weighted by molar-refractivity contribution is 0.0302. The minimum absolute atomic E-state index is 0.0337. The van der Waals surface area contributed by atoms with Crippen molar-refractivity contribution in [2.24, 2.45) is 0 Å². The molecular weight excluding hydrogens is 200 g/mol. The van der Waals surface area contributed by atoms with Crippen LogP contribution in [0.5, 0.6) is 0 Å². The average molecular weight is 212 g/mol. The Kier molecular flexibility index (Phi) is 2.79. The van der Waals surface area contributed by atoms with Gasteiger partial charge in [-0.05, 0) is 6.92 Å². The highest BCUT2D eigenvalue weighted by atomic mass is 32.1. The van der Waals surface area contributed by atoms with Gasteiger partial charge in [-0.2, -0.15) is 0 Å². The second-order valence-electron chi connectivity index (χ2n) is 3.18. The Morgan fingerprint density at radius 2 is 2.29 bits per heavy atom. The molecule has 14 heavy (non-hydrogen) atoms. The number of nitrogens with zero attached hydrogens (tertiary/aromatic N) is 2. The topological polar surface area (TPSA) is 42.4 Å². The molecule has 76 valence electrons. The maximum absolute atomic E-state index is 11.8. The molecule has 0 unspecified atom stereocenters. The number of aryl methyl sites for hydroxylation is 1. The van der Waals surface area contributed by atoms with Crippen molar-refractivity contribution in [2.45, 2.75) is 6.92 Å². The molecule has 1 saturated heterocycles. The van der Waals surface area contributed by atoms with Crippen molar-refractivity contribution < 1.29 is 9.53 Å². The number of carbonyl (C=O) groups is 1. The zero-order valence-corrected chi connectivity index (χ0v) is 8.84. The zero-order chi connectivity index (χ0) is 9.97. The molecule has 0 aliphatic carbocycles. The summed E-state index contributed by atoms with van der Waals surface area (Å²) in [5, 5.41) is 0.587. The van der Waals surface area contributed by atoms with Crippen molar-refractivity contribution >= 4 is 17.2 Å². The minimum Gasteiger partial charge on any atom is -0.378 e. The molecule has 1 fully saturated rings. The summed E-state index contributed by atoms with van der Waals surface area (Å²) in [7, 11) is 0. The van der Waals surface area contributed by atoms with Gasteiger partial charge in [0.15, 0.2) is 5.01 Å². The van der Waals surface area contributed by atoms with E-state index in [1.165, 1.54) is 11.3 Å². The number of rotatable bonds is 1. The summed E-state index contributed by atoms with van der Waals surface area (Å²) < 4.78 is 5.18. The third-order valence-electron chi connectivity index (χ3n) is 2.10. The summed E-state index contributed by atoms with van der Waals surface area (Å²) in [5.41, 5.74) is 0. The number of carbonyl (C=O) groups excluding carboxylic acids is 1. The van der Waals surface area contributed by atoms with Gasteiger partial charge in [0.05, 0.1) is 13.2 Å². The minimum atomic E-state index is 0.0337.